The molecule has 0 radical (unpaired) electrons. The summed E-state index contributed by atoms with van der Waals surface area (Å²) >= 11 is 1.21. The number of hydrogen-bond donors (Lipinski definition) is 0. The summed E-state index contributed by atoms with van der Waals surface area (Å²) in [7, 11) is 0. The third-order valence-electron chi connectivity index (χ3n) is 2.83. The molecule has 1 aliphatic rings. The minimum atomic E-state index is 0. The van der Waals surface area contributed by atoms with E-state index in [2.05, 4.69) is 48.5 Å². The summed E-state index contributed by atoms with van der Waals surface area (Å²) in [5, 5.41) is 0. The van der Waals surface area contributed by atoms with Crippen LogP contribution in [0.1, 0.15) is 14.8 Å². The molecule has 0 unspecified atom stereocenters. The number of rotatable bonds is 0. The predicted molar refractivity (Wildman–Crippen MR) is 53.7 cm³/mol. The van der Waals surface area contributed by atoms with Crippen molar-refractivity contribution >= 4 is 0 Å². The zero-order valence-corrected chi connectivity index (χ0v) is 14.7. The third-order valence-corrected chi connectivity index (χ3v) is 5.07. The Morgan fingerprint density at radius 2 is 1.00 bits per heavy atom. The van der Waals surface area contributed by atoms with Crippen LogP contribution in [0.4, 0.5) is 0 Å². The number of hydrogen-bond acceptors (Lipinski definition) is 0. The normalized spacial score (nSPS) is 11.4. The van der Waals surface area contributed by atoms with Gasteiger partial charge in [0.2, 0.25) is 0 Å². The van der Waals surface area contributed by atoms with Crippen molar-refractivity contribution in [2.24, 2.45) is 0 Å². The van der Waals surface area contributed by atoms with Gasteiger partial charge in [-0.15, -0.1) is 0 Å². The van der Waals surface area contributed by atoms with Crippen LogP contribution in [-0.4, -0.2) is 0 Å². The SMILES string of the molecule is [Cl-].[Cl-].[Cl-].[Hf+3][CH]1c2ccccc2-c2ccccc21. The van der Waals surface area contributed by atoms with Crippen LogP contribution in [0.15, 0.2) is 48.5 Å². The minimum absolute atomic E-state index is 0. The average Bonchev–Trinajstić information content (AvgIpc) is 2.55. The van der Waals surface area contributed by atoms with Crippen molar-refractivity contribution in [3.05, 3.63) is 59.7 Å². The fourth-order valence-electron chi connectivity index (χ4n) is 2.16. The monoisotopic (exact) mass is 450 g/mol. The Bertz CT molecular complexity index is 454. The van der Waals surface area contributed by atoms with E-state index in [-0.39, 0.29) is 37.2 Å². The molecule has 17 heavy (non-hydrogen) atoms. The maximum atomic E-state index is 2.27. The van der Waals surface area contributed by atoms with Gasteiger partial charge in [-0.1, -0.05) is 0 Å². The molecule has 0 saturated carbocycles. The molecule has 0 atom stereocenters. The molecule has 2 aromatic carbocycles. The van der Waals surface area contributed by atoms with Gasteiger partial charge in [0.15, 0.2) is 0 Å². The van der Waals surface area contributed by atoms with Gasteiger partial charge in [-0.3, -0.25) is 0 Å². The first-order chi connectivity index (χ1) is 6.88. The first kappa shape index (κ1) is 17.2. The van der Waals surface area contributed by atoms with Crippen LogP contribution >= 0.6 is 0 Å². The molecular formula is C13H9Cl3Hf. The molecule has 0 nitrogen and oxygen atoms in total. The predicted octanol–water partition coefficient (Wildman–Crippen LogP) is -5.68. The van der Waals surface area contributed by atoms with Crippen molar-refractivity contribution in [3.8, 4) is 11.1 Å². The van der Waals surface area contributed by atoms with Gasteiger partial charge < -0.3 is 37.2 Å². The molecule has 0 saturated heterocycles. The quantitative estimate of drug-likeness (QED) is 0.352. The Labute approximate surface area is 135 Å². The Kier molecular flexibility index (Phi) is 7.01. The van der Waals surface area contributed by atoms with E-state index in [4.69, 9.17) is 0 Å². The third kappa shape index (κ3) is 2.78. The molecule has 2 aromatic rings. The first-order valence-corrected chi connectivity index (χ1v) is 6.84. The van der Waals surface area contributed by atoms with Gasteiger partial charge in [-0.25, -0.2) is 0 Å². The summed E-state index contributed by atoms with van der Waals surface area (Å²) in [6.07, 6.45) is 0. The molecule has 1 aliphatic carbocycles. The maximum absolute atomic E-state index is 2.27. The Balaban J connectivity index is 0.000000853. The summed E-state index contributed by atoms with van der Waals surface area (Å²) in [6.45, 7) is 0. The van der Waals surface area contributed by atoms with Crippen LogP contribution in [-0.2, 0) is 24.4 Å². The second-order valence-electron chi connectivity index (χ2n) is 3.61. The second kappa shape index (κ2) is 6.94. The molecular weight excluding hydrogens is 441 g/mol. The summed E-state index contributed by atoms with van der Waals surface area (Å²) in [5.41, 5.74) is 5.95. The molecule has 86 valence electrons. The van der Waals surface area contributed by atoms with Gasteiger partial charge in [-0.05, 0) is 0 Å². The molecule has 3 rings (SSSR count). The van der Waals surface area contributed by atoms with E-state index in [0.29, 0.717) is 3.67 Å². The number of benzene rings is 2. The van der Waals surface area contributed by atoms with Crippen LogP contribution in [0.5, 0.6) is 0 Å². The van der Waals surface area contributed by atoms with Gasteiger partial charge in [0, 0.05) is 0 Å². The number of halogens is 3. The number of fused-ring (bicyclic) bond motifs is 3. The van der Waals surface area contributed by atoms with E-state index >= 15 is 0 Å². The van der Waals surface area contributed by atoms with Crippen molar-refractivity contribution < 1.29 is 61.6 Å². The van der Waals surface area contributed by atoms with E-state index in [1.807, 2.05) is 0 Å². The van der Waals surface area contributed by atoms with Gasteiger partial charge in [-0.2, -0.15) is 0 Å². The van der Waals surface area contributed by atoms with Crippen molar-refractivity contribution in [3.63, 3.8) is 0 Å². The molecule has 0 aromatic heterocycles. The average molecular weight is 450 g/mol. The Hall–Kier alpha value is 0.180. The first-order valence-electron chi connectivity index (χ1n) is 4.77. The van der Waals surface area contributed by atoms with E-state index in [1.165, 1.54) is 46.6 Å². The molecule has 0 heterocycles. The van der Waals surface area contributed by atoms with Gasteiger partial charge in [0.05, 0.1) is 0 Å². The van der Waals surface area contributed by atoms with Crippen LogP contribution < -0.4 is 37.2 Å². The summed E-state index contributed by atoms with van der Waals surface area (Å²) in [5.74, 6) is 0. The van der Waals surface area contributed by atoms with Crippen molar-refractivity contribution in [2.45, 2.75) is 3.67 Å². The molecule has 0 amide bonds. The Morgan fingerprint density at radius 3 is 1.41 bits per heavy atom. The van der Waals surface area contributed by atoms with Crippen molar-refractivity contribution in [2.75, 3.05) is 0 Å². The van der Waals surface area contributed by atoms with Gasteiger partial charge >= 0.3 is 98.8 Å². The van der Waals surface area contributed by atoms with Gasteiger partial charge in [0.25, 0.3) is 0 Å². The van der Waals surface area contributed by atoms with Crippen LogP contribution in [0, 0.1) is 0 Å². The van der Waals surface area contributed by atoms with Crippen LogP contribution in [0.25, 0.3) is 11.1 Å². The zero-order valence-electron chi connectivity index (χ0n) is 8.83. The molecule has 0 aliphatic heterocycles. The summed E-state index contributed by atoms with van der Waals surface area (Å²) in [4.78, 5) is 0. The van der Waals surface area contributed by atoms with Crippen molar-refractivity contribution in [1.82, 2.24) is 0 Å². The van der Waals surface area contributed by atoms with E-state index in [0.717, 1.165) is 0 Å². The fourth-order valence-corrected chi connectivity index (χ4v) is 3.96. The van der Waals surface area contributed by atoms with Crippen molar-refractivity contribution in [1.29, 1.82) is 0 Å². The Morgan fingerprint density at radius 1 is 0.647 bits per heavy atom. The van der Waals surface area contributed by atoms with E-state index < -0.39 is 0 Å². The standard InChI is InChI=1S/C13H9.3ClH.Hf/c1-3-7-12-10(5-1)9-11-6-2-4-8-13(11)12;;;;/h1-9H;3*1H;/q;;;;+3/p-3. The molecule has 0 fully saturated rings. The topological polar surface area (TPSA) is 0 Å². The molecule has 0 spiro atoms. The molecule has 4 heteroatoms. The zero-order chi connectivity index (χ0) is 9.54. The molecule has 0 N–H and O–H groups in total. The summed E-state index contributed by atoms with van der Waals surface area (Å²) in [6, 6.07) is 17.6. The molecule has 0 bridgehead atoms. The summed E-state index contributed by atoms with van der Waals surface area (Å²) < 4.78 is 0.697. The van der Waals surface area contributed by atoms with E-state index in [1.54, 1.807) is 0 Å². The fraction of sp³-hybridized carbons (Fsp3) is 0.0769. The second-order valence-corrected chi connectivity index (χ2v) is 5.68. The van der Waals surface area contributed by atoms with Crippen LogP contribution in [0.2, 0.25) is 0 Å². The van der Waals surface area contributed by atoms with Crippen LogP contribution in [0.3, 0.4) is 0 Å². The van der Waals surface area contributed by atoms with E-state index in [9.17, 15) is 0 Å². The van der Waals surface area contributed by atoms with Gasteiger partial charge in [0.1, 0.15) is 0 Å².